The van der Waals surface area contributed by atoms with E-state index in [0.717, 1.165) is 5.56 Å². The van der Waals surface area contributed by atoms with Crippen LogP contribution in [0.5, 0.6) is 11.5 Å². The van der Waals surface area contributed by atoms with Crippen LogP contribution in [0, 0.1) is 0 Å². The number of hydrogen-bond acceptors (Lipinski definition) is 9. The first kappa shape index (κ1) is 25.5. The topological polar surface area (TPSA) is 124 Å². The quantitative estimate of drug-likeness (QED) is 0.465. The van der Waals surface area contributed by atoms with Gasteiger partial charge in [-0.25, -0.2) is 4.79 Å². The van der Waals surface area contributed by atoms with E-state index >= 15 is 0 Å². The van der Waals surface area contributed by atoms with Crippen LogP contribution < -0.4 is 9.47 Å². The molecule has 0 aliphatic carbocycles. The van der Waals surface area contributed by atoms with Crippen molar-refractivity contribution in [3.63, 3.8) is 0 Å². The molecule has 0 radical (unpaired) electrons. The van der Waals surface area contributed by atoms with Gasteiger partial charge < -0.3 is 39.0 Å². The summed E-state index contributed by atoms with van der Waals surface area (Å²) < 4.78 is 26.6. The van der Waals surface area contributed by atoms with Gasteiger partial charge in [-0.1, -0.05) is 35.3 Å². The van der Waals surface area contributed by atoms with Gasteiger partial charge in [-0.2, -0.15) is 0 Å². The Morgan fingerprint density at radius 2 is 1.79 bits per heavy atom. The highest BCUT2D eigenvalue weighted by Crippen LogP contribution is 2.35. The number of aliphatic hydroxyl groups is 3. The van der Waals surface area contributed by atoms with Crippen LogP contribution in [-0.4, -0.2) is 72.8 Å². The van der Waals surface area contributed by atoms with Gasteiger partial charge in [0.25, 0.3) is 0 Å². The summed E-state index contributed by atoms with van der Waals surface area (Å²) in [6.07, 6.45) is -6.70. The molecule has 1 fully saturated rings. The normalized spacial score (nSPS) is 24.9. The molecule has 0 spiro atoms. The standard InChI is InChI=1S/C22H24Cl2O9/c1-29-13-5-3-4-11(6-13)10-31-19-14(23)7-12(8-15(19)24)21(28)33-20-18(27)17(26)16(9-25)32-22(20)30-2/h3-8,16-18,20,22,25-27H,9-10H2,1-2H3/t16-,17-,18+,20-,22-/m1/s1. The van der Waals surface area contributed by atoms with E-state index in [9.17, 15) is 20.1 Å². The van der Waals surface area contributed by atoms with E-state index in [2.05, 4.69) is 0 Å². The highest BCUT2D eigenvalue weighted by atomic mass is 35.5. The van der Waals surface area contributed by atoms with Crippen molar-refractivity contribution in [3.05, 3.63) is 57.6 Å². The molecular weight excluding hydrogens is 479 g/mol. The smallest absolute Gasteiger partial charge is 0.338 e. The lowest BCUT2D eigenvalue weighted by molar-refractivity contribution is -0.293. The van der Waals surface area contributed by atoms with Crippen molar-refractivity contribution in [2.24, 2.45) is 0 Å². The van der Waals surface area contributed by atoms with E-state index in [1.54, 1.807) is 19.2 Å². The zero-order valence-electron chi connectivity index (χ0n) is 17.8. The molecule has 1 aliphatic rings. The Labute approximate surface area is 200 Å². The van der Waals surface area contributed by atoms with Crippen LogP contribution >= 0.6 is 23.2 Å². The number of halogens is 2. The minimum absolute atomic E-state index is 0.0143. The molecule has 0 bridgehead atoms. The zero-order chi connectivity index (χ0) is 24.1. The van der Waals surface area contributed by atoms with Gasteiger partial charge in [0, 0.05) is 7.11 Å². The number of carbonyl (C=O) groups excluding carboxylic acids is 1. The van der Waals surface area contributed by atoms with Gasteiger partial charge in [-0.3, -0.25) is 0 Å². The lowest BCUT2D eigenvalue weighted by Gasteiger charge is -2.40. The molecule has 0 unspecified atom stereocenters. The van der Waals surface area contributed by atoms with Gasteiger partial charge in [0.05, 0.1) is 29.3 Å². The van der Waals surface area contributed by atoms with Crippen LogP contribution in [0.4, 0.5) is 0 Å². The van der Waals surface area contributed by atoms with Crippen LogP contribution in [0.15, 0.2) is 36.4 Å². The number of esters is 1. The summed E-state index contributed by atoms with van der Waals surface area (Å²) in [5.41, 5.74) is 0.807. The summed E-state index contributed by atoms with van der Waals surface area (Å²) in [5.74, 6) is -0.0396. The van der Waals surface area contributed by atoms with E-state index in [1.807, 2.05) is 12.1 Å². The summed E-state index contributed by atoms with van der Waals surface area (Å²) >= 11 is 12.6. The molecule has 0 aromatic heterocycles. The summed E-state index contributed by atoms with van der Waals surface area (Å²) in [6, 6.07) is 9.87. The number of carbonyl (C=O) groups is 1. The van der Waals surface area contributed by atoms with E-state index in [1.165, 1.54) is 19.2 Å². The predicted molar refractivity (Wildman–Crippen MR) is 118 cm³/mol. The molecule has 5 atom stereocenters. The van der Waals surface area contributed by atoms with Gasteiger partial charge in [0.15, 0.2) is 18.1 Å². The lowest BCUT2D eigenvalue weighted by Crippen LogP contribution is -2.60. The maximum absolute atomic E-state index is 12.7. The van der Waals surface area contributed by atoms with Crippen LogP contribution in [0.2, 0.25) is 10.0 Å². The molecule has 1 aliphatic heterocycles. The summed E-state index contributed by atoms with van der Waals surface area (Å²) in [7, 11) is 2.83. The third-order valence-corrected chi connectivity index (χ3v) is 5.61. The Bertz CT molecular complexity index is 946. The molecule has 0 amide bonds. The molecule has 180 valence electrons. The second-order valence-electron chi connectivity index (χ2n) is 7.22. The average Bonchev–Trinajstić information content (AvgIpc) is 2.81. The van der Waals surface area contributed by atoms with Crippen molar-refractivity contribution in [1.82, 2.24) is 0 Å². The zero-order valence-corrected chi connectivity index (χ0v) is 19.3. The second-order valence-corrected chi connectivity index (χ2v) is 8.04. The molecule has 0 saturated carbocycles. The summed E-state index contributed by atoms with van der Waals surface area (Å²) in [5, 5.41) is 29.8. The Morgan fingerprint density at radius 3 is 2.39 bits per heavy atom. The highest BCUT2D eigenvalue weighted by molar-refractivity contribution is 6.37. The van der Waals surface area contributed by atoms with Crippen molar-refractivity contribution in [2.75, 3.05) is 20.8 Å². The lowest BCUT2D eigenvalue weighted by atomic mass is 9.99. The van der Waals surface area contributed by atoms with Crippen LogP contribution in [0.3, 0.4) is 0 Å². The fourth-order valence-corrected chi connectivity index (χ4v) is 3.89. The van der Waals surface area contributed by atoms with Gasteiger partial charge in [-0.05, 0) is 29.8 Å². The van der Waals surface area contributed by atoms with Gasteiger partial charge in [0.2, 0.25) is 0 Å². The van der Waals surface area contributed by atoms with Gasteiger partial charge in [-0.15, -0.1) is 0 Å². The van der Waals surface area contributed by atoms with E-state index < -0.39 is 43.3 Å². The maximum Gasteiger partial charge on any atom is 0.338 e. The van der Waals surface area contributed by atoms with Crippen LogP contribution in [0.1, 0.15) is 15.9 Å². The first-order valence-electron chi connectivity index (χ1n) is 9.90. The van der Waals surface area contributed by atoms with Crippen molar-refractivity contribution in [3.8, 4) is 11.5 Å². The minimum Gasteiger partial charge on any atom is -0.497 e. The number of ether oxygens (including phenoxy) is 5. The fraction of sp³-hybridized carbons (Fsp3) is 0.409. The molecule has 3 N–H and O–H groups in total. The third kappa shape index (κ3) is 5.88. The number of aliphatic hydroxyl groups excluding tert-OH is 3. The molecule has 2 aromatic carbocycles. The molecule has 11 heteroatoms. The van der Waals surface area contributed by atoms with E-state index in [-0.39, 0.29) is 28.0 Å². The van der Waals surface area contributed by atoms with Crippen LogP contribution in [-0.2, 0) is 20.8 Å². The molecule has 9 nitrogen and oxygen atoms in total. The highest BCUT2D eigenvalue weighted by Gasteiger charge is 2.47. The SMILES string of the molecule is COc1cccc(COc2c(Cl)cc(C(=O)O[C@H]3[C@H](OC)O[C@H](CO)[C@@H](O)[C@@H]3O)cc2Cl)c1. The average molecular weight is 503 g/mol. The second kappa shape index (κ2) is 11.3. The first-order valence-corrected chi connectivity index (χ1v) is 10.7. The van der Waals surface area contributed by atoms with Crippen molar-refractivity contribution >= 4 is 29.2 Å². The molecule has 1 heterocycles. The van der Waals surface area contributed by atoms with Gasteiger partial charge >= 0.3 is 5.97 Å². The minimum atomic E-state index is -1.55. The predicted octanol–water partition coefficient (Wildman–Crippen LogP) is 2.19. The maximum atomic E-state index is 12.7. The molecular formula is C22H24Cl2O9. The largest absolute Gasteiger partial charge is 0.497 e. The Balaban J connectivity index is 1.72. The molecule has 33 heavy (non-hydrogen) atoms. The summed E-state index contributed by atoms with van der Waals surface area (Å²) in [4.78, 5) is 12.7. The van der Waals surface area contributed by atoms with Crippen LogP contribution in [0.25, 0.3) is 0 Å². The number of benzene rings is 2. The Morgan fingerprint density at radius 1 is 1.09 bits per heavy atom. The van der Waals surface area contributed by atoms with E-state index in [0.29, 0.717) is 5.75 Å². The molecule has 1 saturated heterocycles. The Kier molecular flexibility index (Phi) is 8.77. The van der Waals surface area contributed by atoms with Crippen molar-refractivity contribution in [1.29, 1.82) is 0 Å². The number of methoxy groups -OCH3 is 2. The molecule has 3 rings (SSSR count). The van der Waals surface area contributed by atoms with E-state index in [4.69, 9.17) is 46.9 Å². The fourth-order valence-electron chi connectivity index (χ4n) is 3.30. The third-order valence-electron chi connectivity index (χ3n) is 5.05. The Hall–Kier alpha value is -2.11. The first-order chi connectivity index (χ1) is 15.8. The molecule has 2 aromatic rings. The monoisotopic (exact) mass is 502 g/mol. The number of rotatable bonds is 8. The van der Waals surface area contributed by atoms with Crippen molar-refractivity contribution in [2.45, 2.75) is 37.3 Å². The number of hydrogen-bond donors (Lipinski definition) is 3. The van der Waals surface area contributed by atoms with Crippen molar-refractivity contribution < 1.29 is 43.8 Å². The van der Waals surface area contributed by atoms with Gasteiger partial charge in [0.1, 0.15) is 30.7 Å². The summed E-state index contributed by atoms with van der Waals surface area (Å²) in [6.45, 7) is -0.396.